The number of aromatic hydroxyl groups is 1. The van der Waals surface area contributed by atoms with Crippen LogP contribution >= 0.6 is 0 Å². The molecule has 0 heterocycles. The Kier molecular flexibility index (Phi) is 7.56. The normalized spacial score (nSPS) is 12.0. The molecule has 1 atom stereocenters. The molecular formula is C15H24N2O4. The number of methoxy groups -OCH3 is 1. The lowest BCUT2D eigenvalue weighted by molar-refractivity contribution is -0.123. The van der Waals surface area contributed by atoms with Gasteiger partial charge in [-0.2, -0.15) is 0 Å². The number of phenolic OH excluding ortho intramolecular Hbond substituents is 1. The predicted molar refractivity (Wildman–Crippen MR) is 80.5 cm³/mol. The van der Waals surface area contributed by atoms with Crippen LogP contribution in [0.4, 0.5) is 0 Å². The first kappa shape index (κ1) is 17.3. The van der Waals surface area contributed by atoms with Gasteiger partial charge in [-0.25, -0.2) is 0 Å². The van der Waals surface area contributed by atoms with Crippen molar-refractivity contribution in [2.45, 2.75) is 26.4 Å². The van der Waals surface area contributed by atoms with Gasteiger partial charge in [-0.05, 0) is 19.9 Å². The molecule has 1 unspecified atom stereocenters. The highest BCUT2D eigenvalue weighted by molar-refractivity contribution is 5.81. The first-order valence-electron chi connectivity index (χ1n) is 7.03. The van der Waals surface area contributed by atoms with Crippen LogP contribution in [0.1, 0.15) is 19.4 Å². The van der Waals surface area contributed by atoms with Crippen LogP contribution < -0.4 is 15.4 Å². The lowest BCUT2D eigenvalue weighted by Gasteiger charge is -2.15. The fourth-order valence-electron chi connectivity index (χ4n) is 1.77. The van der Waals surface area contributed by atoms with Gasteiger partial charge in [-0.3, -0.25) is 4.79 Å². The Morgan fingerprint density at radius 1 is 1.43 bits per heavy atom. The van der Waals surface area contributed by atoms with E-state index < -0.39 is 0 Å². The van der Waals surface area contributed by atoms with Gasteiger partial charge in [0.05, 0.1) is 19.3 Å². The number of rotatable bonds is 9. The molecule has 0 aliphatic rings. The quantitative estimate of drug-likeness (QED) is 0.593. The number of benzene rings is 1. The van der Waals surface area contributed by atoms with Gasteiger partial charge >= 0.3 is 0 Å². The molecule has 1 amide bonds. The van der Waals surface area contributed by atoms with Crippen molar-refractivity contribution in [2.24, 2.45) is 0 Å². The first-order valence-corrected chi connectivity index (χ1v) is 7.03. The van der Waals surface area contributed by atoms with Gasteiger partial charge in [0.2, 0.25) is 5.91 Å². The van der Waals surface area contributed by atoms with E-state index in [1.54, 1.807) is 26.2 Å². The van der Waals surface area contributed by atoms with E-state index in [2.05, 4.69) is 10.6 Å². The molecule has 118 valence electrons. The Morgan fingerprint density at radius 2 is 2.19 bits per heavy atom. The molecular weight excluding hydrogens is 272 g/mol. The molecule has 21 heavy (non-hydrogen) atoms. The predicted octanol–water partition coefficient (Wildman–Crippen LogP) is 1.03. The third-order valence-corrected chi connectivity index (χ3v) is 2.98. The van der Waals surface area contributed by atoms with Gasteiger partial charge in [-0.15, -0.1) is 0 Å². The van der Waals surface area contributed by atoms with Crippen LogP contribution in [0.3, 0.4) is 0 Å². The van der Waals surface area contributed by atoms with E-state index in [4.69, 9.17) is 9.47 Å². The number of carbonyl (C=O) groups excluding carboxylic acids is 1. The summed E-state index contributed by atoms with van der Waals surface area (Å²) < 4.78 is 10.2. The van der Waals surface area contributed by atoms with Crippen LogP contribution in [-0.2, 0) is 16.1 Å². The van der Waals surface area contributed by atoms with Crippen molar-refractivity contribution in [1.29, 1.82) is 0 Å². The maximum absolute atomic E-state index is 11.8. The monoisotopic (exact) mass is 296 g/mol. The lowest BCUT2D eigenvalue weighted by atomic mass is 10.1. The van der Waals surface area contributed by atoms with E-state index in [-0.39, 0.29) is 17.7 Å². The number of nitrogens with one attached hydrogen (secondary N) is 2. The zero-order chi connectivity index (χ0) is 15.7. The zero-order valence-electron chi connectivity index (χ0n) is 12.8. The topological polar surface area (TPSA) is 79.8 Å². The molecule has 0 fully saturated rings. The van der Waals surface area contributed by atoms with E-state index >= 15 is 0 Å². The highest BCUT2D eigenvalue weighted by Crippen LogP contribution is 2.29. The molecule has 0 radical (unpaired) electrons. The summed E-state index contributed by atoms with van der Waals surface area (Å²) in [7, 11) is 1.59. The summed E-state index contributed by atoms with van der Waals surface area (Å²) in [6.07, 6.45) is 0. The fourth-order valence-corrected chi connectivity index (χ4v) is 1.77. The van der Waals surface area contributed by atoms with Crippen molar-refractivity contribution in [3.63, 3.8) is 0 Å². The Morgan fingerprint density at radius 3 is 2.86 bits per heavy atom. The van der Waals surface area contributed by atoms with Crippen molar-refractivity contribution in [3.05, 3.63) is 23.8 Å². The molecule has 1 rings (SSSR count). The zero-order valence-corrected chi connectivity index (χ0v) is 12.8. The van der Waals surface area contributed by atoms with E-state index in [9.17, 15) is 9.90 Å². The van der Waals surface area contributed by atoms with Crippen LogP contribution in [0.5, 0.6) is 11.5 Å². The first-order chi connectivity index (χ1) is 10.1. The molecule has 0 aliphatic heterocycles. The van der Waals surface area contributed by atoms with Gasteiger partial charge in [0.25, 0.3) is 0 Å². The number of para-hydroxylation sites is 1. The van der Waals surface area contributed by atoms with E-state index in [1.165, 1.54) is 0 Å². The fraction of sp³-hybridized carbons (Fsp3) is 0.533. The summed E-state index contributed by atoms with van der Waals surface area (Å²) in [6, 6.07) is 4.95. The average Bonchev–Trinajstić information content (AvgIpc) is 2.48. The second-order valence-corrected chi connectivity index (χ2v) is 4.58. The standard InChI is InChI=1S/C15H24N2O4/c1-4-21-13-7-5-6-12(14(13)18)10-17-11(2)15(19)16-8-9-20-3/h5-7,11,17-18H,4,8-10H2,1-3H3,(H,16,19). The lowest BCUT2D eigenvalue weighted by Crippen LogP contribution is -2.42. The van der Waals surface area contributed by atoms with Crippen LogP contribution in [0.2, 0.25) is 0 Å². The number of ether oxygens (including phenoxy) is 2. The van der Waals surface area contributed by atoms with Gasteiger partial charge < -0.3 is 25.2 Å². The molecule has 1 aromatic carbocycles. The van der Waals surface area contributed by atoms with Gasteiger partial charge in [0, 0.05) is 25.8 Å². The summed E-state index contributed by atoms with van der Waals surface area (Å²) in [5.74, 6) is 0.459. The van der Waals surface area contributed by atoms with Crippen LogP contribution in [0, 0.1) is 0 Å². The summed E-state index contributed by atoms with van der Waals surface area (Å²) in [4.78, 5) is 11.8. The number of amides is 1. The Hall–Kier alpha value is -1.79. The smallest absolute Gasteiger partial charge is 0.236 e. The molecule has 0 bridgehead atoms. The second kappa shape index (κ2) is 9.20. The molecule has 0 aromatic heterocycles. The van der Waals surface area contributed by atoms with Crippen molar-refractivity contribution in [3.8, 4) is 11.5 Å². The second-order valence-electron chi connectivity index (χ2n) is 4.58. The molecule has 0 aliphatic carbocycles. The van der Waals surface area contributed by atoms with Crippen LogP contribution in [0.25, 0.3) is 0 Å². The molecule has 0 spiro atoms. The van der Waals surface area contributed by atoms with Crippen molar-refractivity contribution < 1.29 is 19.4 Å². The summed E-state index contributed by atoms with van der Waals surface area (Å²) in [5.41, 5.74) is 0.692. The molecule has 0 saturated carbocycles. The molecule has 1 aromatic rings. The minimum Gasteiger partial charge on any atom is -0.504 e. The van der Waals surface area contributed by atoms with Gasteiger partial charge in [0.1, 0.15) is 0 Å². The minimum absolute atomic E-state index is 0.104. The highest BCUT2D eigenvalue weighted by atomic mass is 16.5. The van der Waals surface area contributed by atoms with E-state index in [0.29, 0.717) is 37.6 Å². The van der Waals surface area contributed by atoms with Crippen LogP contribution in [0.15, 0.2) is 18.2 Å². The summed E-state index contributed by atoms with van der Waals surface area (Å²) >= 11 is 0. The number of carbonyl (C=O) groups is 1. The highest BCUT2D eigenvalue weighted by Gasteiger charge is 2.13. The SMILES string of the molecule is CCOc1cccc(CNC(C)C(=O)NCCOC)c1O. The largest absolute Gasteiger partial charge is 0.504 e. The molecule has 0 saturated heterocycles. The van der Waals surface area contributed by atoms with Gasteiger partial charge in [-0.1, -0.05) is 12.1 Å². The van der Waals surface area contributed by atoms with Crippen molar-refractivity contribution >= 4 is 5.91 Å². The number of hydrogen-bond donors (Lipinski definition) is 3. The maximum atomic E-state index is 11.8. The molecule has 3 N–H and O–H groups in total. The minimum atomic E-state index is -0.364. The van der Waals surface area contributed by atoms with Crippen molar-refractivity contribution in [1.82, 2.24) is 10.6 Å². The maximum Gasteiger partial charge on any atom is 0.236 e. The Balaban J connectivity index is 2.51. The third-order valence-electron chi connectivity index (χ3n) is 2.98. The van der Waals surface area contributed by atoms with E-state index in [0.717, 1.165) is 0 Å². The van der Waals surface area contributed by atoms with Gasteiger partial charge in [0.15, 0.2) is 11.5 Å². The molecule has 6 nitrogen and oxygen atoms in total. The van der Waals surface area contributed by atoms with Crippen LogP contribution in [-0.4, -0.2) is 43.9 Å². The number of hydrogen-bond acceptors (Lipinski definition) is 5. The summed E-state index contributed by atoms with van der Waals surface area (Å²) in [6.45, 7) is 5.46. The third kappa shape index (κ3) is 5.61. The number of phenols is 1. The Bertz CT molecular complexity index is 451. The van der Waals surface area contributed by atoms with Crippen molar-refractivity contribution in [2.75, 3.05) is 26.9 Å². The van der Waals surface area contributed by atoms with E-state index in [1.807, 2.05) is 13.0 Å². The summed E-state index contributed by atoms with van der Waals surface area (Å²) in [5, 5.41) is 15.9. The molecule has 6 heteroatoms. The average molecular weight is 296 g/mol. The Labute approximate surface area is 125 Å².